The fourth-order valence-corrected chi connectivity index (χ4v) is 1.20. The lowest BCUT2D eigenvalue weighted by atomic mass is 9.98. The molecule has 1 saturated heterocycles. The minimum atomic E-state index is -0.186. The van der Waals surface area contributed by atoms with Crippen molar-refractivity contribution in [3.63, 3.8) is 0 Å². The SMILES string of the molecule is CC(C[C@@H](C)C=N)C(=O)OCC1CO1. The lowest BCUT2D eigenvalue weighted by Crippen LogP contribution is -2.19. The van der Waals surface area contributed by atoms with Gasteiger partial charge in [0, 0.05) is 0 Å². The van der Waals surface area contributed by atoms with Gasteiger partial charge in [0.25, 0.3) is 0 Å². The third-order valence-corrected chi connectivity index (χ3v) is 2.23. The van der Waals surface area contributed by atoms with E-state index in [0.29, 0.717) is 19.6 Å². The van der Waals surface area contributed by atoms with Crippen LogP contribution in [-0.2, 0) is 14.3 Å². The van der Waals surface area contributed by atoms with Gasteiger partial charge < -0.3 is 14.9 Å². The highest BCUT2D eigenvalue weighted by molar-refractivity contribution is 5.72. The van der Waals surface area contributed by atoms with Crippen molar-refractivity contribution in [1.82, 2.24) is 0 Å². The lowest BCUT2D eigenvalue weighted by Gasteiger charge is -2.12. The van der Waals surface area contributed by atoms with Crippen LogP contribution in [0.5, 0.6) is 0 Å². The summed E-state index contributed by atoms with van der Waals surface area (Å²) < 4.78 is 9.96. The molecule has 3 atom stereocenters. The van der Waals surface area contributed by atoms with Crippen molar-refractivity contribution in [2.75, 3.05) is 13.2 Å². The number of hydrogen-bond donors (Lipinski definition) is 1. The van der Waals surface area contributed by atoms with Gasteiger partial charge in [0.05, 0.1) is 12.5 Å². The van der Waals surface area contributed by atoms with Gasteiger partial charge in [-0.3, -0.25) is 4.79 Å². The van der Waals surface area contributed by atoms with Crippen LogP contribution >= 0.6 is 0 Å². The molecule has 0 aromatic carbocycles. The van der Waals surface area contributed by atoms with Gasteiger partial charge in [0.1, 0.15) is 12.7 Å². The summed E-state index contributed by atoms with van der Waals surface area (Å²) in [6.45, 7) is 4.83. The third kappa shape index (κ3) is 3.87. The normalized spacial score (nSPS) is 23.7. The van der Waals surface area contributed by atoms with Crippen LogP contribution in [0.1, 0.15) is 20.3 Å². The predicted molar refractivity (Wildman–Crippen MR) is 52.4 cm³/mol. The maximum absolute atomic E-state index is 11.4. The van der Waals surface area contributed by atoms with E-state index in [1.807, 2.05) is 13.8 Å². The average molecular weight is 199 g/mol. The Labute approximate surface area is 84.1 Å². The molecule has 80 valence electrons. The van der Waals surface area contributed by atoms with E-state index < -0.39 is 0 Å². The van der Waals surface area contributed by atoms with Gasteiger partial charge in [-0.05, 0) is 18.6 Å². The first-order valence-corrected chi connectivity index (χ1v) is 4.92. The Balaban J connectivity index is 2.16. The molecular formula is C10H17NO3. The molecule has 0 saturated carbocycles. The van der Waals surface area contributed by atoms with Crippen LogP contribution in [0.15, 0.2) is 0 Å². The van der Waals surface area contributed by atoms with Crippen LogP contribution in [-0.4, -0.2) is 31.5 Å². The number of nitrogens with one attached hydrogen (secondary N) is 1. The van der Waals surface area contributed by atoms with Gasteiger partial charge in [0.15, 0.2) is 0 Å². The third-order valence-electron chi connectivity index (χ3n) is 2.23. The molecular weight excluding hydrogens is 182 g/mol. The van der Waals surface area contributed by atoms with E-state index in [4.69, 9.17) is 14.9 Å². The van der Waals surface area contributed by atoms with Gasteiger partial charge in [0.2, 0.25) is 0 Å². The number of carbonyl (C=O) groups is 1. The highest BCUT2D eigenvalue weighted by Crippen LogP contribution is 2.14. The Hall–Kier alpha value is -0.900. The minimum absolute atomic E-state index is 0.131. The molecule has 1 rings (SSSR count). The summed E-state index contributed by atoms with van der Waals surface area (Å²) in [7, 11) is 0. The van der Waals surface area contributed by atoms with Crippen LogP contribution in [0, 0.1) is 17.2 Å². The first-order valence-electron chi connectivity index (χ1n) is 4.92. The summed E-state index contributed by atoms with van der Waals surface area (Å²) in [5.74, 6) is -0.186. The quantitative estimate of drug-likeness (QED) is 0.397. The maximum Gasteiger partial charge on any atom is 0.308 e. The second kappa shape index (κ2) is 5.10. The number of ether oxygens (including phenoxy) is 2. The highest BCUT2D eigenvalue weighted by Gasteiger charge is 2.25. The molecule has 14 heavy (non-hydrogen) atoms. The summed E-state index contributed by atoms with van der Waals surface area (Å²) in [5.41, 5.74) is 0. The second-order valence-corrected chi connectivity index (χ2v) is 3.87. The average Bonchev–Trinajstić information content (AvgIpc) is 2.97. The number of epoxide rings is 1. The van der Waals surface area contributed by atoms with Crippen molar-refractivity contribution in [3.8, 4) is 0 Å². The predicted octanol–water partition coefficient (Wildman–Crippen LogP) is 1.24. The van der Waals surface area contributed by atoms with Crippen LogP contribution in [0.25, 0.3) is 0 Å². The van der Waals surface area contributed by atoms with E-state index >= 15 is 0 Å². The lowest BCUT2D eigenvalue weighted by molar-refractivity contribution is -0.148. The molecule has 1 aliphatic rings. The van der Waals surface area contributed by atoms with Gasteiger partial charge >= 0.3 is 5.97 Å². The van der Waals surface area contributed by atoms with E-state index in [9.17, 15) is 4.79 Å². The molecule has 0 aliphatic carbocycles. The van der Waals surface area contributed by atoms with Crippen molar-refractivity contribution in [2.24, 2.45) is 11.8 Å². The van der Waals surface area contributed by atoms with Gasteiger partial charge in [-0.25, -0.2) is 0 Å². The molecule has 0 radical (unpaired) electrons. The molecule has 0 amide bonds. The summed E-state index contributed by atoms with van der Waals surface area (Å²) in [6.07, 6.45) is 2.16. The Bertz CT molecular complexity index is 213. The molecule has 0 bridgehead atoms. The summed E-state index contributed by atoms with van der Waals surface area (Å²) in [4.78, 5) is 11.4. The van der Waals surface area contributed by atoms with E-state index in [1.54, 1.807) is 0 Å². The molecule has 2 unspecified atom stereocenters. The van der Waals surface area contributed by atoms with Crippen LogP contribution in [0.4, 0.5) is 0 Å². The van der Waals surface area contributed by atoms with Crippen molar-refractivity contribution < 1.29 is 14.3 Å². The molecule has 0 spiro atoms. The Morgan fingerprint density at radius 3 is 2.86 bits per heavy atom. The number of hydrogen-bond acceptors (Lipinski definition) is 4. The van der Waals surface area contributed by atoms with Crippen molar-refractivity contribution in [2.45, 2.75) is 26.4 Å². The summed E-state index contributed by atoms with van der Waals surface area (Å²) in [6, 6.07) is 0. The topological polar surface area (TPSA) is 62.7 Å². The first-order chi connectivity index (χ1) is 6.63. The van der Waals surface area contributed by atoms with E-state index in [1.165, 1.54) is 6.21 Å². The summed E-state index contributed by atoms with van der Waals surface area (Å²) >= 11 is 0. The van der Waals surface area contributed by atoms with E-state index in [-0.39, 0.29) is 23.9 Å². The Morgan fingerprint density at radius 2 is 2.36 bits per heavy atom. The fraction of sp³-hybridized carbons (Fsp3) is 0.800. The highest BCUT2D eigenvalue weighted by atomic mass is 16.6. The number of esters is 1. The minimum Gasteiger partial charge on any atom is -0.463 e. The Kier molecular flexibility index (Phi) is 4.07. The fourth-order valence-electron chi connectivity index (χ4n) is 1.20. The zero-order valence-electron chi connectivity index (χ0n) is 8.66. The standard InChI is InChI=1S/C10H17NO3/c1-7(4-11)3-8(2)10(12)14-6-9-5-13-9/h4,7-9,11H,3,5-6H2,1-2H3/t7-,8?,9?/m1/s1. The van der Waals surface area contributed by atoms with Gasteiger partial charge in [-0.15, -0.1) is 0 Å². The zero-order chi connectivity index (χ0) is 10.6. The maximum atomic E-state index is 11.4. The monoisotopic (exact) mass is 199 g/mol. The second-order valence-electron chi connectivity index (χ2n) is 3.87. The zero-order valence-corrected chi connectivity index (χ0v) is 8.66. The molecule has 1 heterocycles. The van der Waals surface area contributed by atoms with Crippen LogP contribution in [0.2, 0.25) is 0 Å². The van der Waals surface area contributed by atoms with Gasteiger partial charge in [-0.2, -0.15) is 0 Å². The molecule has 1 aliphatic heterocycles. The smallest absolute Gasteiger partial charge is 0.308 e. The van der Waals surface area contributed by atoms with Crippen LogP contribution < -0.4 is 0 Å². The molecule has 1 N–H and O–H groups in total. The molecule has 4 heteroatoms. The number of carbonyl (C=O) groups excluding carboxylic acids is 1. The van der Waals surface area contributed by atoms with E-state index in [2.05, 4.69) is 0 Å². The first kappa shape index (κ1) is 11.2. The molecule has 4 nitrogen and oxygen atoms in total. The van der Waals surface area contributed by atoms with Gasteiger partial charge in [-0.1, -0.05) is 13.8 Å². The van der Waals surface area contributed by atoms with Crippen LogP contribution in [0.3, 0.4) is 0 Å². The number of rotatable bonds is 6. The largest absolute Gasteiger partial charge is 0.463 e. The Morgan fingerprint density at radius 1 is 1.71 bits per heavy atom. The van der Waals surface area contributed by atoms with Crippen molar-refractivity contribution in [3.05, 3.63) is 0 Å². The van der Waals surface area contributed by atoms with E-state index in [0.717, 1.165) is 0 Å². The molecule has 0 aromatic heterocycles. The molecule has 0 aromatic rings. The van der Waals surface area contributed by atoms with Crippen molar-refractivity contribution >= 4 is 12.2 Å². The molecule has 1 fully saturated rings. The van der Waals surface area contributed by atoms with Crippen molar-refractivity contribution in [1.29, 1.82) is 5.41 Å². The summed E-state index contributed by atoms with van der Waals surface area (Å²) in [5, 5.41) is 7.03.